The molecule has 0 aliphatic heterocycles. The molecular weight excluding hydrogens is 238 g/mol. The number of likely N-dealkylation sites (N-methyl/N-ethyl adjacent to an activating group) is 1. The van der Waals surface area contributed by atoms with Crippen molar-refractivity contribution in [2.45, 2.75) is 64.5 Å². The van der Waals surface area contributed by atoms with Gasteiger partial charge in [0.25, 0.3) is 0 Å². The molecule has 4 nitrogen and oxygen atoms in total. The van der Waals surface area contributed by atoms with Crippen LogP contribution in [0.3, 0.4) is 0 Å². The van der Waals surface area contributed by atoms with Crippen molar-refractivity contribution in [1.82, 2.24) is 10.2 Å². The summed E-state index contributed by atoms with van der Waals surface area (Å²) < 4.78 is 0. The third-order valence-corrected chi connectivity index (χ3v) is 4.54. The monoisotopic (exact) mass is 269 g/mol. The molecule has 1 fully saturated rings. The molecule has 1 saturated carbocycles. The maximum Gasteiger partial charge on any atom is 0.237 e. The highest BCUT2D eigenvalue weighted by atomic mass is 16.2. The van der Waals surface area contributed by atoms with Gasteiger partial charge in [-0.2, -0.15) is 0 Å². The fourth-order valence-electron chi connectivity index (χ4n) is 2.75. The van der Waals surface area contributed by atoms with Gasteiger partial charge in [0, 0.05) is 12.1 Å². The molecule has 0 radical (unpaired) electrons. The summed E-state index contributed by atoms with van der Waals surface area (Å²) in [5.41, 5.74) is 5.93. The minimum absolute atomic E-state index is 0.0284. The number of nitrogens with one attached hydrogen (secondary N) is 1. The Labute approximate surface area is 118 Å². The van der Waals surface area contributed by atoms with E-state index in [4.69, 9.17) is 5.73 Å². The summed E-state index contributed by atoms with van der Waals surface area (Å²) in [7, 11) is 4.22. The number of hydrogen-bond acceptors (Lipinski definition) is 3. The highest BCUT2D eigenvalue weighted by Gasteiger charge is 2.36. The molecule has 19 heavy (non-hydrogen) atoms. The highest BCUT2D eigenvalue weighted by Crippen LogP contribution is 2.31. The van der Waals surface area contributed by atoms with E-state index >= 15 is 0 Å². The number of amides is 1. The summed E-state index contributed by atoms with van der Waals surface area (Å²) in [5, 5.41) is 3.08. The lowest BCUT2D eigenvalue weighted by atomic mass is 9.80. The van der Waals surface area contributed by atoms with Crippen LogP contribution in [-0.2, 0) is 4.79 Å². The van der Waals surface area contributed by atoms with Gasteiger partial charge in [0.1, 0.15) is 0 Å². The molecule has 1 rings (SSSR count). The summed E-state index contributed by atoms with van der Waals surface area (Å²) in [6.07, 6.45) is 6.12. The molecule has 112 valence electrons. The molecule has 0 spiro atoms. The average Bonchev–Trinajstić information content (AvgIpc) is 2.34. The minimum Gasteiger partial charge on any atom is -0.353 e. The predicted molar refractivity (Wildman–Crippen MR) is 79.9 cm³/mol. The zero-order valence-electron chi connectivity index (χ0n) is 13.3. The van der Waals surface area contributed by atoms with Gasteiger partial charge in [-0.25, -0.2) is 0 Å². The lowest BCUT2D eigenvalue weighted by molar-refractivity contribution is -0.125. The van der Waals surface area contributed by atoms with Crippen LogP contribution in [0, 0.1) is 5.41 Å². The van der Waals surface area contributed by atoms with Crippen LogP contribution in [0.1, 0.15) is 52.9 Å². The van der Waals surface area contributed by atoms with E-state index in [2.05, 4.69) is 24.3 Å². The summed E-state index contributed by atoms with van der Waals surface area (Å²) in [6.45, 7) is 6.71. The summed E-state index contributed by atoms with van der Waals surface area (Å²) in [4.78, 5) is 14.4. The Hall–Kier alpha value is -0.610. The first-order chi connectivity index (χ1) is 8.69. The first kappa shape index (κ1) is 16.4. The molecule has 0 aromatic rings. The Morgan fingerprint density at radius 3 is 2.21 bits per heavy atom. The van der Waals surface area contributed by atoms with Gasteiger partial charge in [-0.3, -0.25) is 4.79 Å². The minimum atomic E-state index is -0.449. The first-order valence-electron chi connectivity index (χ1n) is 7.40. The molecule has 4 heteroatoms. The zero-order chi connectivity index (χ0) is 14.7. The van der Waals surface area contributed by atoms with Gasteiger partial charge in [0.15, 0.2) is 0 Å². The van der Waals surface area contributed by atoms with Crippen LogP contribution in [0.4, 0.5) is 0 Å². The summed E-state index contributed by atoms with van der Waals surface area (Å²) >= 11 is 0. The lowest BCUT2D eigenvalue weighted by Gasteiger charge is -2.43. The molecule has 0 unspecified atom stereocenters. The molecule has 0 bridgehead atoms. The largest absolute Gasteiger partial charge is 0.353 e. The second kappa shape index (κ2) is 6.23. The van der Waals surface area contributed by atoms with Crippen LogP contribution in [-0.4, -0.2) is 43.0 Å². The molecule has 1 amide bonds. The standard InChI is InChI=1S/C15H31N3O/c1-14(2,3)12(16)13(19)17-11-15(18(4)5)9-7-6-8-10-15/h12H,6-11,16H2,1-5H3,(H,17,19)/t12-/m1/s1. The highest BCUT2D eigenvalue weighted by molar-refractivity contribution is 5.82. The molecule has 3 N–H and O–H groups in total. The summed E-state index contributed by atoms with van der Waals surface area (Å²) in [5.74, 6) is -0.0284. The van der Waals surface area contributed by atoms with Gasteiger partial charge in [-0.05, 0) is 32.4 Å². The van der Waals surface area contributed by atoms with Gasteiger partial charge < -0.3 is 16.0 Å². The lowest BCUT2D eigenvalue weighted by Crippen LogP contribution is -2.57. The van der Waals surface area contributed by atoms with E-state index in [0.717, 1.165) is 12.8 Å². The van der Waals surface area contributed by atoms with Crippen molar-refractivity contribution in [2.75, 3.05) is 20.6 Å². The maximum atomic E-state index is 12.1. The van der Waals surface area contributed by atoms with E-state index in [0.29, 0.717) is 6.54 Å². The zero-order valence-corrected chi connectivity index (χ0v) is 13.3. The van der Waals surface area contributed by atoms with Gasteiger partial charge in [0.05, 0.1) is 6.04 Å². The van der Waals surface area contributed by atoms with Crippen molar-refractivity contribution in [1.29, 1.82) is 0 Å². The van der Waals surface area contributed by atoms with E-state index < -0.39 is 6.04 Å². The molecule has 1 aliphatic carbocycles. The third-order valence-electron chi connectivity index (χ3n) is 4.54. The third kappa shape index (κ3) is 4.18. The summed E-state index contributed by atoms with van der Waals surface area (Å²) in [6, 6.07) is -0.449. The topological polar surface area (TPSA) is 58.4 Å². The molecule has 0 aromatic carbocycles. The molecule has 1 aliphatic rings. The van der Waals surface area contributed by atoms with Crippen molar-refractivity contribution in [3.63, 3.8) is 0 Å². The SMILES string of the molecule is CN(C)C1(CNC(=O)[C@@H](N)C(C)(C)C)CCCCC1. The average molecular weight is 269 g/mol. The van der Waals surface area contributed by atoms with E-state index in [1.54, 1.807) is 0 Å². The van der Waals surface area contributed by atoms with Crippen LogP contribution in [0.2, 0.25) is 0 Å². The Balaban J connectivity index is 2.60. The quantitative estimate of drug-likeness (QED) is 0.817. The fraction of sp³-hybridized carbons (Fsp3) is 0.933. The van der Waals surface area contributed by atoms with Crippen LogP contribution in [0.15, 0.2) is 0 Å². The molecule has 0 saturated heterocycles. The molecule has 0 heterocycles. The van der Waals surface area contributed by atoms with Crippen molar-refractivity contribution in [3.05, 3.63) is 0 Å². The normalized spacial score (nSPS) is 21.2. The Morgan fingerprint density at radius 2 is 1.79 bits per heavy atom. The number of carbonyl (C=O) groups excluding carboxylic acids is 1. The van der Waals surface area contributed by atoms with E-state index in [1.807, 2.05) is 20.8 Å². The number of hydrogen-bond donors (Lipinski definition) is 2. The van der Waals surface area contributed by atoms with Gasteiger partial charge in [0.2, 0.25) is 5.91 Å². The Morgan fingerprint density at radius 1 is 1.26 bits per heavy atom. The van der Waals surface area contributed by atoms with Gasteiger partial charge in [-0.1, -0.05) is 40.0 Å². The van der Waals surface area contributed by atoms with E-state index in [9.17, 15) is 4.79 Å². The number of carbonyl (C=O) groups is 1. The number of nitrogens with zero attached hydrogens (tertiary/aromatic N) is 1. The molecule has 1 atom stereocenters. The molecule has 0 aromatic heterocycles. The first-order valence-corrected chi connectivity index (χ1v) is 7.40. The van der Waals surface area contributed by atoms with E-state index in [1.165, 1.54) is 19.3 Å². The van der Waals surface area contributed by atoms with Crippen LogP contribution in [0.5, 0.6) is 0 Å². The Bertz CT molecular complexity index is 301. The Kier molecular flexibility index (Phi) is 5.39. The second-order valence-corrected chi connectivity index (χ2v) is 7.24. The van der Waals surface area contributed by atoms with Crippen molar-refractivity contribution >= 4 is 5.91 Å². The molecular formula is C15H31N3O. The van der Waals surface area contributed by atoms with Gasteiger partial charge >= 0.3 is 0 Å². The van der Waals surface area contributed by atoms with Crippen molar-refractivity contribution in [3.8, 4) is 0 Å². The maximum absolute atomic E-state index is 12.1. The van der Waals surface area contributed by atoms with Gasteiger partial charge in [-0.15, -0.1) is 0 Å². The van der Waals surface area contributed by atoms with Crippen LogP contribution in [0.25, 0.3) is 0 Å². The van der Waals surface area contributed by atoms with Crippen LogP contribution < -0.4 is 11.1 Å². The number of nitrogens with two attached hydrogens (primary N) is 1. The fourth-order valence-corrected chi connectivity index (χ4v) is 2.75. The smallest absolute Gasteiger partial charge is 0.237 e. The predicted octanol–water partition coefficient (Wildman–Crippen LogP) is 1.74. The van der Waals surface area contributed by atoms with Crippen molar-refractivity contribution < 1.29 is 4.79 Å². The van der Waals surface area contributed by atoms with Crippen LogP contribution >= 0.6 is 0 Å². The second-order valence-electron chi connectivity index (χ2n) is 7.24. The van der Waals surface area contributed by atoms with Crippen molar-refractivity contribution in [2.24, 2.45) is 11.1 Å². The van der Waals surface area contributed by atoms with E-state index in [-0.39, 0.29) is 16.9 Å². The number of rotatable bonds is 4.